The highest BCUT2D eigenvalue weighted by Crippen LogP contribution is 2.15. The second-order valence-corrected chi connectivity index (χ2v) is 5.22. The Bertz CT molecular complexity index is 431. The monoisotopic (exact) mass is 277 g/mol. The predicted molar refractivity (Wildman–Crippen MR) is 84.0 cm³/mol. The van der Waals surface area contributed by atoms with E-state index in [1.807, 2.05) is 18.2 Å². The summed E-state index contributed by atoms with van der Waals surface area (Å²) in [7, 11) is 0. The fraction of sp³-hybridized carbons (Fsp3) is 0.562. The van der Waals surface area contributed by atoms with Crippen molar-refractivity contribution in [3.05, 3.63) is 35.4 Å². The van der Waals surface area contributed by atoms with Crippen LogP contribution in [-0.4, -0.2) is 28.5 Å². The molecule has 0 aromatic heterocycles. The summed E-state index contributed by atoms with van der Waals surface area (Å²) in [6.45, 7) is 8.58. The van der Waals surface area contributed by atoms with E-state index in [4.69, 9.17) is 10.9 Å². The molecule has 0 bridgehead atoms. The molecule has 0 saturated heterocycles. The molecule has 0 spiro atoms. The maximum absolute atomic E-state index is 8.89. The quantitative estimate of drug-likeness (QED) is 0.332. The van der Waals surface area contributed by atoms with Crippen LogP contribution in [0.25, 0.3) is 0 Å². The van der Waals surface area contributed by atoms with Crippen molar-refractivity contribution in [2.24, 2.45) is 10.9 Å². The van der Waals surface area contributed by atoms with Gasteiger partial charge in [-0.2, -0.15) is 0 Å². The molecule has 0 fully saturated rings. The van der Waals surface area contributed by atoms with Gasteiger partial charge in [0.25, 0.3) is 0 Å². The number of oxime groups is 1. The highest BCUT2D eigenvalue weighted by atomic mass is 16.4. The van der Waals surface area contributed by atoms with Gasteiger partial charge in [-0.3, -0.25) is 4.90 Å². The van der Waals surface area contributed by atoms with Crippen LogP contribution in [0.15, 0.2) is 29.4 Å². The Hall–Kier alpha value is -1.55. The molecule has 0 heterocycles. The number of amidine groups is 1. The van der Waals surface area contributed by atoms with Crippen molar-refractivity contribution in [2.75, 3.05) is 6.54 Å². The zero-order valence-electron chi connectivity index (χ0n) is 12.8. The lowest BCUT2D eigenvalue weighted by Crippen LogP contribution is -2.33. The summed E-state index contributed by atoms with van der Waals surface area (Å²) in [5.41, 5.74) is 7.69. The molecule has 4 nitrogen and oxygen atoms in total. The smallest absolute Gasteiger partial charge is 0.170 e. The molecule has 4 heteroatoms. The topological polar surface area (TPSA) is 61.8 Å². The molecule has 0 aliphatic carbocycles. The average molecular weight is 277 g/mol. The molecule has 0 aliphatic heterocycles. The van der Waals surface area contributed by atoms with Crippen molar-refractivity contribution in [1.29, 1.82) is 0 Å². The third-order valence-corrected chi connectivity index (χ3v) is 3.79. The zero-order chi connectivity index (χ0) is 15.0. The minimum Gasteiger partial charge on any atom is -0.409 e. The van der Waals surface area contributed by atoms with E-state index in [-0.39, 0.29) is 5.84 Å². The van der Waals surface area contributed by atoms with Crippen molar-refractivity contribution >= 4 is 5.84 Å². The summed E-state index contributed by atoms with van der Waals surface area (Å²) in [4.78, 5) is 2.47. The van der Waals surface area contributed by atoms with Crippen LogP contribution in [0.1, 0.15) is 51.2 Å². The summed E-state index contributed by atoms with van der Waals surface area (Å²) >= 11 is 0. The fourth-order valence-electron chi connectivity index (χ4n) is 2.26. The first kappa shape index (κ1) is 16.5. The molecule has 20 heavy (non-hydrogen) atoms. The van der Waals surface area contributed by atoms with E-state index in [9.17, 15) is 0 Å². The molecule has 0 saturated carbocycles. The number of nitrogens with zero attached hydrogens (tertiary/aromatic N) is 2. The van der Waals surface area contributed by atoms with Crippen molar-refractivity contribution in [1.82, 2.24) is 4.90 Å². The van der Waals surface area contributed by atoms with Crippen LogP contribution in [0.5, 0.6) is 0 Å². The Kier molecular flexibility index (Phi) is 7.09. The Morgan fingerprint density at radius 3 is 2.65 bits per heavy atom. The van der Waals surface area contributed by atoms with Crippen LogP contribution in [0.4, 0.5) is 0 Å². The minimum absolute atomic E-state index is 0.181. The van der Waals surface area contributed by atoms with Crippen LogP contribution in [0.2, 0.25) is 0 Å². The highest BCUT2D eigenvalue weighted by Gasteiger charge is 2.15. The lowest BCUT2D eigenvalue weighted by molar-refractivity contribution is 0.192. The number of benzene rings is 1. The molecule has 3 N–H and O–H groups in total. The van der Waals surface area contributed by atoms with Crippen LogP contribution in [0, 0.1) is 0 Å². The molecule has 1 aromatic rings. The third kappa shape index (κ3) is 4.53. The van der Waals surface area contributed by atoms with Gasteiger partial charge in [0.05, 0.1) is 0 Å². The third-order valence-electron chi connectivity index (χ3n) is 3.79. The normalized spacial score (nSPS) is 13.7. The molecule has 1 unspecified atom stereocenters. The molecule has 112 valence electrons. The number of nitrogens with two attached hydrogens (primary N) is 1. The van der Waals surface area contributed by atoms with Crippen LogP contribution in [-0.2, 0) is 6.54 Å². The van der Waals surface area contributed by atoms with Crippen molar-refractivity contribution in [2.45, 2.75) is 52.6 Å². The van der Waals surface area contributed by atoms with E-state index in [2.05, 4.69) is 36.9 Å². The first-order valence-corrected chi connectivity index (χ1v) is 7.43. The fourth-order valence-corrected chi connectivity index (χ4v) is 2.26. The Labute approximate surface area is 122 Å². The predicted octanol–water partition coefficient (Wildman–Crippen LogP) is 3.18. The van der Waals surface area contributed by atoms with Gasteiger partial charge in [0, 0.05) is 18.2 Å². The van der Waals surface area contributed by atoms with Gasteiger partial charge in [-0.1, -0.05) is 49.7 Å². The van der Waals surface area contributed by atoms with E-state index in [1.54, 1.807) is 0 Å². The molecule has 0 radical (unpaired) electrons. The lowest BCUT2D eigenvalue weighted by Gasteiger charge is -2.29. The maximum atomic E-state index is 8.89. The highest BCUT2D eigenvalue weighted by molar-refractivity contribution is 5.98. The van der Waals surface area contributed by atoms with E-state index < -0.39 is 0 Å². The van der Waals surface area contributed by atoms with Gasteiger partial charge < -0.3 is 10.9 Å². The summed E-state index contributed by atoms with van der Waals surface area (Å²) < 4.78 is 0. The molecule has 1 atom stereocenters. The maximum Gasteiger partial charge on any atom is 0.170 e. The molecule has 1 aromatic carbocycles. The van der Waals surface area contributed by atoms with E-state index in [0.29, 0.717) is 6.04 Å². The minimum atomic E-state index is 0.181. The number of unbranched alkanes of at least 4 members (excludes halogenated alkanes) is 1. The van der Waals surface area contributed by atoms with Gasteiger partial charge in [-0.05, 0) is 31.9 Å². The summed E-state index contributed by atoms with van der Waals surface area (Å²) in [5, 5.41) is 12.0. The summed E-state index contributed by atoms with van der Waals surface area (Å²) in [6, 6.07) is 8.39. The molecule has 0 aliphatic rings. The molecule has 1 rings (SSSR count). The lowest BCUT2D eigenvalue weighted by atomic mass is 10.0. The van der Waals surface area contributed by atoms with Gasteiger partial charge in [-0.25, -0.2) is 0 Å². The molecular weight excluding hydrogens is 250 g/mol. The first-order valence-electron chi connectivity index (χ1n) is 7.43. The Morgan fingerprint density at radius 2 is 2.05 bits per heavy atom. The van der Waals surface area contributed by atoms with Gasteiger partial charge in [0.1, 0.15) is 0 Å². The molecule has 0 amide bonds. The second kappa shape index (κ2) is 8.59. The van der Waals surface area contributed by atoms with Crippen LogP contribution >= 0.6 is 0 Å². The van der Waals surface area contributed by atoms with E-state index in [0.717, 1.165) is 30.6 Å². The summed E-state index contributed by atoms with van der Waals surface area (Å²) in [5.74, 6) is 0.181. The van der Waals surface area contributed by atoms with Crippen LogP contribution in [0.3, 0.4) is 0 Å². The van der Waals surface area contributed by atoms with Gasteiger partial charge >= 0.3 is 0 Å². The SMILES string of the molecule is CCCCN(Cc1ccccc1C(N)=NO)C(C)CC. The standard InChI is InChI=1S/C16H27N3O/c1-4-6-11-19(13(3)5-2)12-14-9-7-8-10-15(14)16(17)18-20/h7-10,13,20H,4-6,11-12H2,1-3H3,(H2,17,18). The Morgan fingerprint density at radius 1 is 1.35 bits per heavy atom. The van der Waals surface area contributed by atoms with E-state index >= 15 is 0 Å². The number of rotatable bonds is 8. The van der Waals surface area contributed by atoms with Crippen molar-refractivity contribution in [3.8, 4) is 0 Å². The van der Waals surface area contributed by atoms with Crippen LogP contribution < -0.4 is 5.73 Å². The van der Waals surface area contributed by atoms with Crippen molar-refractivity contribution < 1.29 is 5.21 Å². The number of hydrogen-bond acceptors (Lipinski definition) is 3. The zero-order valence-corrected chi connectivity index (χ0v) is 12.8. The van der Waals surface area contributed by atoms with E-state index in [1.165, 1.54) is 12.8 Å². The number of hydrogen-bond donors (Lipinski definition) is 2. The Balaban J connectivity index is 2.92. The summed E-state index contributed by atoms with van der Waals surface area (Å²) in [6.07, 6.45) is 3.50. The van der Waals surface area contributed by atoms with Gasteiger partial charge in [0.15, 0.2) is 5.84 Å². The van der Waals surface area contributed by atoms with Gasteiger partial charge in [0.2, 0.25) is 0 Å². The average Bonchev–Trinajstić information content (AvgIpc) is 2.50. The molecular formula is C16H27N3O. The first-order chi connectivity index (χ1) is 9.63. The van der Waals surface area contributed by atoms with Gasteiger partial charge in [-0.15, -0.1) is 0 Å². The van der Waals surface area contributed by atoms with Crippen molar-refractivity contribution in [3.63, 3.8) is 0 Å². The largest absolute Gasteiger partial charge is 0.409 e. The second-order valence-electron chi connectivity index (χ2n) is 5.22.